The molecule has 0 aromatic carbocycles. The van der Waals surface area contributed by atoms with Gasteiger partial charge in [0.05, 0.1) is 0 Å². The smallest absolute Gasteiger partial charge is 0.330 e. The summed E-state index contributed by atoms with van der Waals surface area (Å²) in [5.74, 6) is 0. The molecule has 62 valence electrons. The summed E-state index contributed by atoms with van der Waals surface area (Å²) in [5.41, 5.74) is 0. The van der Waals surface area contributed by atoms with Gasteiger partial charge in [0.25, 0.3) is 0 Å². The largest absolute Gasteiger partial charge is 0.336 e. The molecule has 11 heavy (non-hydrogen) atoms. The maximum Gasteiger partial charge on any atom is 0.330 e. The molecule has 0 spiro atoms. The van der Waals surface area contributed by atoms with Crippen molar-refractivity contribution in [2.75, 3.05) is 13.6 Å². The minimum Gasteiger partial charge on any atom is -0.336 e. The molecule has 1 aliphatic rings. The van der Waals surface area contributed by atoms with Crippen LogP contribution in [0.2, 0.25) is 0 Å². The van der Waals surface area contributed by atoms with E-state index in [9.17, 15) is 4.57 Å². The Hall–Kier alpha value is -0.600. The van der Waals surface area contributed by atoms with Gasteiger partial charge >= 0.3 is 8.69 Å². The van der Waals surface area contributed by atoms with Gasteiger partial charge in [0.1, 0.15) is 0 Å². The SMILES string of the molecule is CCN1C=CN(C)C1OP=O. The van der Waals surface area contributed by atoms with E-state index < -0.39 is 0 Å². The van der Waals surface area contributed by atoms with E-state index in [0.717, 1.165) is 6.54 Å². The summed E-state index contributed by atoms with van der Waals surface area (Å²) in [6, 6.07) is 0. The summed E-state index contributed by atoms with van der Waals surface area (Å²) in [7, 11) is 1.60. The van der Waals surface area contributed by atoms with Gasteiger partial charge in [-0.3, -0.25) is 0 Å². The molecule has 1 atom stereocenters. The number of nitrogens with zero attached hydrogens (tertiary/aromatic N) is 2. The van der Waals surface area contributed by atoms with Crippen molar-refractivity contribution in [3.05, 3.63) is 12.4 Å². The normalized spacial score (nSPS) is 23.6. The average molecular weight is 174 g/mol. The minimum absolute atomic E-state index is 0.209. The standard InChI is InChI=1S/C6H11N2O2P/c1-3-8-5-4-7(2)6(8)10-11-9/h4-6H,3H2,1-2H3. The Balaban J connectivity index is 2.53. The van der Waals surface area contributed by atoms with Gasteiger partial charge in [-0.05, 0) is 6.92 Å². The highest BCUT2D eigenvalue weighted by atomic mass is 31.1. The lowest BCUT2D eigenvalue weighted by atomic mass is 10.6. The third-order valence-corrected chi connectivity index (χ3v) is 1.90. The van der Waals surface area contributed by atoms with E-state index >= 15 is 0 Å². The van der Waals surface area contributed by atoms with Crippen molar-refractivity contribution in [3.8, 4) is 0 Å². The first-order valence-corrected chi connectivity index (χ1v) is 4.17. The molecule has 1 heterocycles. The van der Waals surface area contributed by atoms with Crippen LogP contribution >= 0.6 is 8.69 Å². The van der Waals surface area contributed by atoms with Crippen LogP contribution < -0.4 is 0 Å². The fourth-order valence-corrected chi connectivity index (χ4v) is 1.35. The topological polar surface area (TPSA) is 32.8 Å². The molecular weight excluding hydrogens is 163 g/mol. The Kier molecular flexibility index (Phi) is 2.85. The third kappa shape index (κ3) is 1.70. The molecule has 4 nitrogen and oxygen atoms in total. The van der Waals surface area contributed by atoms with Crippen molar-refractivity contribution in [1.82, 2.24) is 9.80 Å². The lowest BCUT2D eigenvalue weighted by molar-refractivity contribution is -0.00109. The van der Waals surface area contributed by atoms with Crippen molar-refractivity contribution >= 4 is 8.69 Å². The molecule has 1 unspecified atom stereocenters. The predicted molar refractivity (Wildman–Crippen MR) is 41.8 cm³/mol. The fraction of sp³-hybridized carbons (Fsp3) is 0.667. The second-order valence-corrected chi connectivity index (χ2v) is 2.66. The van der Waals surface area contributed by atoms with Gasteiger partial charge in [-0.2, -0.15) is 0 Å². The van der Waals surface area contributed by atoms with Crippen LogP contribution in [0.25, 0.3) is 0 Å². The number of hydrogen-bond donors (Lipinski definition) is 0. The van der Waals surface area contributed by atoms with E-state index in [-0.39, 0.29) is 15.0 Å². The average Bonchev–Trinajstić information content (AvgIpc) is 2.34. The van der Waals surface area contributed by atoms with Crippen LogP contribution in [-0.2, 0) is 9.09 Å². The molecule has 1 rings (SSSR count). The Morgan fingerprint density at radius 1 is 1.64 bits per heavy atom. The van der Waals surface area contributed by atoms with Gasteiger partial charge in [-0.15, -0.1) is 0 Å². The maximum atomic E-state index is 10.2. The van der Waals surface area contributed by atoms with Gasteiger partial charge < -0.3 is 9.80 Å². The first kappa shape index (κ1) is 8.50. The monoisotopic (exact) mass is 174 g/mol. The van der Waals surface area contributed by atoms with Crippen molar-refractivity contribution < 1.29 is 9.09 Å². The zero-order chi connectivity index (χ0) is 8.27. The van der Waals surface area contributed by atoms with Crippen molar-refractivity contribution in [2.24, 2.45) is 0 Å². The second kappa shape index (κ2) is 3.69. The molecule has 0 aromatic rings. The Morgan fingerprint density at radius 2 is 2.36 bits per heavy atom. The molecule has 0 saturated heterocycles. The zero-order valence-corrected chi connectivity index (χ0v) is 7.49. The first-order chi connectivity index (χ1) is 5.29. The fourth-order valence-electron chi connectivity index (χ4n) is 1.01. The van der Waals surface area contributed by atoms with Crippen molar-refractivity contribution in [1.29, 1.82) is 0 Å². The molecule has 0 fully saturated rings. The molecule has 5 heteroatoms. The molecule has 0 saturated carbocycles. The lowest BCUT2D eigenvalue weighted by Gasteiger charge is -2.25. The Morgan fingerprint density at radius 3 is 2.91 bits per heavy atom. The van der Waals surface area contributed by atoms with Crippen LogP contribution in [0.3, 0.4) is 0 Å². The summed E-state index contributed by atoms with van der Waals surface area (Å²) in [4.78, 5) is 3.80. The Bertz CT molecular complexity index is 174. The quantitative estimate of drug-likeness (QED) is 0.602. The van der Waals surface area contributed by atoms with Crippen molar-refractivity contribution in [2.45, 2.75) is 13.3 Å². The van der Waals surface area contributed by atoms with E-state index in [1.807, 2.05) is 36.2 Å². The Labute approximate surface area is 67.7 Å². The van der Waals surface area contributed by atoms with E-state index in [1.54, 1.807) is 0 Å². The second-order valence-electron chi connectivity index (χ2n) is 2.30. The molecule has 1 aliphatic heterocycles. The van der Waals surface area contributed by atoms with Gasteiger partial charge in [0.2, 0.25) is 6.35 Å². The van der Waals surface area contributed by atoms with E-state index in [4.69, 9.17) is 4.52 Å². The first-order valence-electron chi connectivity index (χ1n) is 3.44. The minimum atomic E-state index is -0.279. The zero-order valence-electron chi connectivity index (χ0n) is 6.60. The lowest BCUT2D eigenvalue weighted by Crippen LogP contribution is -2.36. The molecule has 0 amide bonds. The molecule has 0 radical (unpaired) electrons. The summed E-state index contributed by atoms with van der Waals surface area (Å²) in [6.45, 7) is 2.86. The number of rotatable bonds is 3. The highest BCUT2D eigenvalue weighted by Gasteiger charge is 2.22. The van der Waals surface area contributed by atoms with E-state index in [1.165, 1.54) is 0 Å². The molecule has 0 aromatic heterocycles. The van der Waals surface area contributed by atoms with Gasteiger partial charge in [-0.1, -0.05) is 0 Å². The van der Waals surface area contributed by atoms with Crippen molar-refractivity contribution in [3.63, 3.8) is 0 Å². The van der Waals surface area contributed by atoms with Gasteiger partial charge in [-0.25, -0.2) is 9.09 Å². The van der Waals surface area contributed by atoms with Gasteiger partial charge in [0.15, 0.2) is 0 Å². The molecule has 0 aliphatic carbocycles. The molecular formula is C6H11N2O2P. The van der Waals surface area contributed by atoms with Crippen LogP contribution in [0.4, 0.5) is 0 Å². The predicted octanol–water partition coefficient (Wildman–Crippen LogP) is 1.23. The van der Waals surface area contributed by atoms with E-state index in [2.05, 4.69) is 0 Å². The highest BCUT2D eigenvalue weighted by Crippen LogP contribution is 2.17. The van der Waals surface area contributed by atoms with E-state index in [0.29, 0.717) is 0 Å². The summed E-state index contributed by atoms with van der Waals surface area (Å²) >= 11 is 0. The maximum absolute atomic E-state index is 10.2. The molecule has 0 N–H and O–H groups in total. The van der Waals surface area contributed by atoms with Gasteiger partial charge in [0, 0.05) is 26.0 Å². The molecule has 0 bridgehead atoms. The van der Waals surface area contributed by atoms with Crippen LogP contribution in [-0.4, -0.2) is 29.7 Å². The van der Waals surface area contributed by atoms with Crippen LogP contribution in [0.1, 0.15) is 6.92 Å². The van der Waals surface area contributed by atoms with Crippen LogP contribution in [0.5, 0.6) is 0 Å². The third-order valence-electron chi connectivity index (χ3n) is 1.63. The highest BCUT2D eigenvalue weighted by molar-refractivity contribution is 7.17. The van der Waals surface area contributed by atoms with Crippen LogP contribution in [0, 0.1) is 0 Å². The van der Waals surface area contributed by atoms with Crippen LogP contribution in [0.15, 0.2) is 12.4 Å². The summed E-state index contributed by atoms with van der Waals surface area (Å²) in [5, 5.41) is 0. The summed E-state index contributed by atoms with van der Waals surface area (Å²) in [6.07, 6.45) is 3.59. The summed E-state index contributed by atoms with van der Waals surface area (Å²) < 4.78 is 15.1. The number of hydrogen-bond acceptors (Lipinski definition) is 4.